The maximum atomic E-state index is 12.8. The Hall–Kier alpha value is -2.41. The third kappa shape index (κ3) is 3.37. The van der Waals surface area contributed by atoms with E-state index < -0.39 is 0 Å². The van der Waals surface area contributed by atoms with E-state index in [1.54, 1.807) is 0 Å². The molecule has 0 radical (unpaired) electrons. The van der Waals surface area contributed by atoms with Crippen molar-refractivity contribution in [2.45, 2.75) is 19.9 Å². The number of rotatable bonds is 3. The average molecular weight is 342 g/mol. The van der Waals surface area contributed by atoms with E-state index in [0.29, 0.717) is 6.61 Å². The molecule has 0 N–H and O–H groups in total. The number of benzene rings is 1. The molecule has 4 rings (SSSR count). The van der Waals surface area contributed by atoms with Gasteiger partial charge in [0, 0.05) is 32.7 Å². The number of fused-ring (bicyclic) bond motifs is 1. The van der Waals surface area contributed by atoms with Gasteiger partial charge in [-0.2, -0.15) is 0 Å². The standard InChI is InChI=1S/C18H22N4O3/c1-13-16(20-25-19-13)11-21-6-8-22(9-7-21)18(23)15-10-14-4-2-3-5-17(14)24-12-15/h2-5,15H,6-12H2,1H3/t15-/m0/s1. The highest BCUT2D eigenvalue weighted by molar-refractivity contribution is 5.80. The van der Waals surface area contributed by atoms with Crippen LogP contribution in [-0.2, 0) is 17.8 Å². The molecule has 3 heterocycles. The second-order valence-electron chi connectivity index (χ2n) is 6.72. The predicted molar refractivity (Wildman–Crippen MR) is 90.0 cm³/mol. The van der Waals surface area contributed by atoms with Gasteiger partial charge in [-0.15, -0.1) is 0 Å². The van der Waals surface area contributed by atoms with Crippen molar-refractivity contribution in [1.82, 2.24) is 20.1 Å². The Labute approximate surface area is 146 Å². The summed E-state index contributed by atoms with van der Waals surface area (Å²) in [5.41, 5.74) is 2.83. The van der Waals surface area contributed by atoms with Crippen LogP contribution >= 0.6 is 0 Å². The Morgan fingerprint density at radius 2 is 2.00 bits per heavy atom. The third-order valence-corrected chi connectivity index (χ3v) is 5.03. The van der Waals surface area contributed by atoms with Crippen molar-refractivity contribution in [3.63, 3.8) is 0 Å². The second-order valence-corrected chi connectivity index (χ2v) is 6.72. The van der Waals surface area contributed by atoms with E-state index in [1.807, 2.05) is 36.1 Å². The summed E-state index contributed by atoms with van der Waals surface area (Å²) in [4.78, 5) is 17.1. The van der Waals surface area contributed by atoms with Crippen LogP contribution in [0.15, 0.2) is 28.9 Å². The summed E-state index contributed by atoms with van der Waals surface area (Å²) in [5.74, 6) is 1.03. The molecule has 0 unspecified atom stereocenters. The molecule has 1 fully saturated rings. The Morgan fingerprint density at radius 1 is 1.20 bits per heavy atom. The van der Waals surface area contributed by atoms with E-state index in [4.69, 9.17) is 9.37 Å². The van der Waals surface area contributed by atoms with E-state index in [9.17, 15) is 4.79 Å². The van der Waals surface area contributed by atoms with E-state index in [-0.39, 0.29) is 11.8 Å². The van der Waals surface area contributed by atoms with Crippen molar-refractivity contribution in [2.24, 2.45) is 5.92 Å². The molecule has 1 saturated heterocycles. The van der Waals surface area contributed by atoms with Crippen LogP contribution in [0.2, 0.25) is 0 Å². The topological polar surface area (TPSA) is 71.7 Å². The number of piperazine rings is 1. The Morgan fingerprint density at radius 3 is 2.76 bits per heavy atom. The number of aromatic nitrogens is 2. The van der Waals surface area contributed by atoms with Gasteiger partial charge in [0.15, 0.2) is 0 Å². The number of carbonyl (C=O) groups is 1. The number of aryl methyl sites for hydroxylation is 1. The van der Waals surface area contributed by atoms with Gasteiger partial charge in [0.1, 0.15) is 23.7 Å². The summed E-state index contributed by atoms with van der Waals surface area (Å²) in [6.07, 6.45) is 0.763. The molecule has 0 aliphatic carbocycles. The molecular weight excluding hydrogens is 320 g/mol. The number of nitrogens with zero attached hydrogens (tertiary/aromatic N) is 4. The third-order valence-electron chi connectivity index (χ3n) is 5.03. The first-order valence-electron chi connectivity index (χ1n) is 8.70. The van der Waals surface area contributed by atoms with Crippen molar-refractivity contribution in [3.8, 4) is 5.75 Å². The smallest absolute Gasteiger partial charge is 0.229 e. The molecule has 0 bridgehead atoms. The van der Waals surface area contributed by atoms with Crippen molar-refractivity contribution in [1.29, 1.82) is 0 Å². The highest BCUT2D eigenvalue weighted by atomic mass is 16.6. The van der Waals surface area contributed by atoms with Crippen LogP contribution in [0.5, 0.6) is 5.75 Å². The van der Waals surface area contributed by atoms with Gasteiger partial charge in [0.05, 0.1) is 5.92 Å². The summed E-state index contributed by atoms with van der Waals surface area (Å²) < 4.78 is 10.5. The fourth-order valence-corrected chi connectivity index (χ4v) is 3.48. The molecule has 1 amide bonds. The van der Waals surface area contributed by atoms with Gasteiger partial charge in [0.25, 0.3) is 0 Å². The lowest BCUT2D eigenvalue weighted by Crippen LogP contribution is -2.51. The molecule has 25 heavy (non-hydrogen) atoms. The van der Waals surface area contributed by atoms with Crippen LogP contribution in [0, 0.1) is 12.8 Å². The molecule has 7 heteroatoms. The lowest BCUT2D eigenvalue weighted by molar-refractivity contribution is -0.138. The maximum Gasteiger partial charge on any atom is 0.229 e. The molecule has 2 aliphatic rings. The van der Waals surface area contributed by atoms with Gasteiger partial charge in [-0.25, -0.2) is 4.63 Å². The lowest BCUT2D eigenvalue weighted by Gasteiger charge is -2.37. The van der Waals surface area contributed by atoms with Crippen LogP contribution in [0.3, 0.4) is 0 Å². The zero-order chi connectivity index (χ0) is 17.2. The SMILES string of the molecule is Cc1nonc1CN1CCN(C(=O)[C@@H]2COc3ccccc3C2)CC1. The molecule has 7 nitrogen and oxygen atoms in total. The van der Waals surface area contributed by atoms with E-state index in [0.717, 1.165) is 61.8 Å². The quantitative estimate of drug-likeness (QED) is 0.837. The minimum absolute atomic E-state index is 0.0802. The summed E-state index contributed by atoms with van der Waals surface area (Å²) >= 11 is 0. The normalized spacial score (nSPS) is 20.8. The number of carbonyl (C=O) groups excluding carboxylic acids is 1. The monoisotopic (exact) mass is 342 g/mol. The number of amides is 1. The lowest BCUT2D eigenvalue weighted by atomic mass is 9.95. The van der Waals surface area contributed by atoms with Crippen molar-refractivity contribution >= 4 is 5.91 Å². The summed E-state index contributed by atoms with van der Waals surface area (Å²) in [7, 11) is 0. The number of hydrogen-bond acceptors (Lipinski definition) is 6. The summed E-state index contributed by atoms with van der Waals surface area (Å²) in [6, 6.07) is 7.97. The zero-order valence-electron chi connectivity index (χ0n) is 14.4. The zero-order valence-corrected chi connectivity index (χ0v) is 14.4. The van der Waals surface area contributed by atoms with Gasteiger partial charge in [0.2, 0.25) is 5.91 Å². The highest BCUT2D eigenvalue weighted by Crippen LogP contribution is 2.28. The van der Waals surface area contributed by atoms with Crippen molar-refractivity contribution in [3.05, 3.63) is 41.2 Å². The Kier molecular flexibility index (Phi) is 4.40. The fourth-order valence-electron chi connectivity index (χ4n) is 3.48. The first kappa shape index (κ1) is 16.1. The Bertz CT molecular complexity index is 752. The largest absolute Gasteiger partial charge is 0.492 e. The van der Waals surface area contributed by atoms with Crippen LogP contribution in [0.25, 0.3) is 0 Å². The van der Waals surface area contributed by atoms with E-state index in [2.05, 4.69) is 15.2 Å². The molecule has 0 spiro atoms. The Balaban J connectivity index is 1.32. The number of ether oxygens (including phenoxy) is 1. The van der Waals surface area contributed by atoms with Crippen molar-refractivity contribution < 1.29 is 14.2 Å². The molecule has 2 aromatic rings. The molecule has 2 aliphatic heterocycles. The number of para-hydroxylation sites is 1. The van der Waals surface area contributed by atoms with Gasteiger partial charge in [-0.05, 0) is 25.0 Å². The first-order chi connectivity index (χ1) is 12.2. The average Bonchev–Trinajstić information content (AvgIpc) is 3.06. The first-order valence-corrected chi connectivity index (χ1v) is 8.70. The molecular formula is C18H22N4O3. The highest BCUT2D eigenvalue weighted by Gasteiger charge is 2.31. The van der Waals surface area contributed by atoms with Crippen LogP contribution in [0.4, 0.5) is 0 Å². The minimum Gasteiger partial charge on any atom is -0.492 e. The van der Waals surface area contributed by atoms with Gasteiger partial charge >= 0.3 is 0 Å². The molecule has 132 valence electrons. The second kappa shape index (κ2) is 6.84. The summed E-state index contributed by atoms with van der Waals surface area (Å²) in [5, 5.41) is 7.75. The van der Waals surface area contributed by atoms with Gasteiger partial charge in [-0.3, -0.25) is 9.69 Å². The van der Waals surface area contributed by atoms with E-state index in [1.165, 1.54) is 0 Å². The number of hydrogen-bond donors (Lipinski definition) is 0. The van der Waals surface area contributed by atoms with E-state index >= 15 is 0 Å². The summed E-state index contributed by atoms with van der Waals surface area (Å²) in [6.45, 7) is 6.23. The predicted octanol–water partition coefficient (Wildman–Crippen LogP) is 1.27. The maximum absolute atomic E-state index is 12.8. The van der Waals surface area contributed by atoms with Crippen LogP contribution in [0.1, 0.15) is 17.0 Å². The minimum atomic E-state index is -0.0802. The van der Waals surface area contributed by atoms with Gasteiger partial charge < -0.3 is 9.64 Å². The fraction of sp³-hybridized carbons (Fsp3) is 0.500. The molecule has 1 aromatic carbocycles. The molecule has 1 atom stereocenters. The molecule has 1 aromatic heterocycles. The van der Waals surface area contributed by atoms with Crippen LogP contribution < -0.4 is 4.74 Å². The molecule has 0 saturated carbocycles. The van der Waals surface area contributed by atoms with Gasteiger partial charge in [-0.1, -0.05) is 28.5 Å². The van der Waals surface area contributed by atoms with Crippen LogP contribution in [-0.4, -0.2) is 58.8 Å². The van der Waals surface area contributed by atoms with Crippen molar-refractivity contribution in [2.75, 3.05) is 32.8 Å².